The van der Waals surface area contributed by atoms with E-state index in [1.54, 1.807) is 17.5 Å². The SMILES string of the molecule is O=S(=O)(Nc1nc2ccccc2nc1[N-]CCC1=CCCCC1)c1cccs1. The fraction of sp³-hybridized carbons (Fsp3) is 0.300. The average molecular weight is 414 g/mol. The van der Waals surface area contributed by atoms with Crippen LogP contribution in [0.15, 0.2) is 57.6 Å². The van der Waals surface area contributed by atoms with Crippen LogP contribution in [0.25, 0.3) is 16.4 Å². The third-order valence-electron chi connectivity index (χ3n) is 4.62. The first-order valence-corrected chi connectivity index (χ1v) is 11.7. The van der Waals surface area contributed by atoms with Crippen LogP contribution in [0.1, 0.15) is 32.1 Å². The normalized spacial score (nSPS) is 14.6. The average Bonchev–Trinajstić information content (AvgIpc) is 3.25. The number of sulfonamides is 1. The number of fused-ring (bicyclic) bond motifs is 1. The van der Waals surface area contributed by atoms with Gasteiger partial charge in [-0.15, -0.1) is 11.3 Å². The van der Waals surface area contributed by atoms with Crippen molar-refractivity contribution in [3.05, 3.63) is 58.7 Å². The molecule has 0 amide bonds. The predicted octanol–water partition coefficient (Wildman–Crippen LogP) is 5.39. The highest BCUT2D eigenvalue weighted by Crippen LogP contribution is 2.31. The van der Waals surface area contributed by atoms with E-state index in [-0.39, 0.29) is 10.0 Å². The van der Waals surface area contributed by atoms with Crippen LogP contribution in [-0.2, 0) is 10.0 Å². The van der Waals surface area contributed by atoms with Gasteiger partial charge in [0.15, 0.2) is 0 Å². The third-order valence-corrected chi connectivity index (χ3v) is 7.36. The molecule has 0 saturated heterocycles. The van der Waals surface area contributed by atoms with Crippen molar-refractivity contribution in [2.75, 3.05) is 11.3 Å². The highest BCUT2D eigenvalue weighted by atomic mass is 32.2. The highest BCUT2D eigenvalue weighted by Gasteiger charge is 2.17. The molecule has 1 aliphatic rings. The first kappa shape index (κ1) is 18.9. The molecule has 1 N–H and O–H groups in total. The zero-order valence-electron chi connectivity index (χ0n) is 15.3. The van der Waals surface area contributed by atoms with Crippen molar-refractivity contribution in [3.8, 4) is 0 Å². The van der Waals surface area contributed by atoms with Gasteiger partial charge < -0.3 is 10.3 Å². The number of thiophene rings is 1. The number of anilines is 1. The summed E-state index contributed by atoms with van der Waals surface area (Å²) < 4.78 is 28.1. The van der Waals surface area contributed by atoms with E-state index in [0.717, 1.165) is 30.6 Å². The lowest BCUT2D eigenvalue weighted by Crippen LogP contribution is -2.13. The van der Waals surface area contributed by atoms with E-state index >= 15 is 0 Å². The number of hydrogen-bond acceptors (Lipinski definition) is 5. The minimum Gasteiger partial charge on any atom is -0.462 e. The molecule has 2 aromatic heterocycles. The van der Waals surface area contributed by atoms with Crippen LogP contribution < -0.4 is 4.72 Å². The van der Waals surface area contributed by atoms with E-state index < -0.39 is 10.0 Å². The number of para-hydroxylation sites is 2. The summed E-state index contributed by atoms with van der Waals surface area (Å²) >= 11 is 1.16. The Kier molecular flexibility index (Phi) is 5.59. The molecule has 8 heteroatoms. The van der Waals surface area contributed by atoms with Gasteiger partial charge >= 0.3 is 0 Å². The second-order valence-electron chi connectivity index (χ2n) is 6.66. The Bertz CT molecular complexity index is 1090. The van der Waals surface area contributed by atoms with Crippen LogP contribution in [0.2, 0.25) is 0 Å². The molecule has 0 unspecified atom stereocenters. The molecule has 1 aromatic carbocycles. The summed E-state index contributed by atoms with van der Waals surface area (Å²) in [6.07, 6.45) is 7.91. The second-order valence-corrected chi connectivity index (χ2v) is 9.52. The van der Waals surface area contributed by atoms with Crippen LogP contribution in [-0.4, -0.2) is 24.9 Å². The fourth-order valence-electron chi connectivity index (χ4n) is 3.20. The van der Waals surface area contributed by atoms with Crippen LogP contribution in [0.3, 0.4) is 0 Å². The van der Waals surface area contributed by atoms with E-state index in [2.05, 4.69) is 26.1 Å². The van der Waals surface area contributed by atoms with Gasteiger partial charge in [0.1, 0.15) is 10.0 Å². The number of hydrogen-bond donors (Lipinski definition) is 1. The van der Waals surface area contributed by atoms with Gasteiger partial charge in [-0.1, -0.05) is 35.9 Å². The summed E-state index contributed by atoms with van der Waals surface area (Å²) in [6.45, 7) is 0.562. The smallest absolute Gasteiger partial charge is 0.272 e. The first-order chi connectivity index (χ1) is 13.6. The Hall–Kier alpha value is -2.45. The maximum absolute atomic E-state index is 12.7. The molecule has 2 heterocycles. The monoisotopic (exact) mass is 413 g/mol. The number of nitrogens with one attached hydrogen (secondary N) is 1. The van der Waals surface area contributed by atoms with Gasteiger partial charge in [-0.2, -0.15) is 0 Å². The summed E-state index contributed by atoms with van der Waals surface area (Å²) in [5, 5.41) is 6.30. The molecular formula is C20H21N4O2S2-. The van der Waals surface area contributed by atoms with Crippen molar-refractivity contribution in [3.63, 3.8) is 0 Å². The lowest BCUT2D eigenvalue weighted by molar-refractivity contribution is 0.603. The molecule has 0 aliphatic heterocycles. The van der Waals surface area contributed by atoms with Gasteiger partial charge in [0.25, 0.3) is 10.0 Å². The Morgan fingerprint density at radius 2 is 1.89 bits per heavy atom. The van der Waals surface area contributed by atoms with E-state index in [1.165, 1.54) is 18.4 Å². The van der Waals surface area contributed by atoms with E-state index in [0.29, 0.717) is 23.4 Å². The van der Waals surface area contributed by atoms with Gasteiger partial charge in [-0.25, -0.2) is 13.4 Å². The van der Waals surface area contributed by atoms with Crippen molar-refractivity contribution >= 4 is 44.0 Å². The second kappa shape index (κ2) is 8.28. The fourth-order valence-corrected chi connectivity index (χ4v) is 5.20. The molecular weight excluding hydrogens is 392 g/mol. The van der Waals surface area contributed by atoms with Crippen molar-refractivity contribution in [1.82, 2.24) is 9.97 Å². The number of benzene rings is 1. The largest absolute Gasteiger partial charge is 0.462 e. The van der Waals surface area contributed by atoms with Gasteiger partial charge in [0, 0.05) is 0 Å². The Morgan fingerprint density at radius 3 is 2.61 bits per heavy atom. The third kappa shape index (κ3) is 4.34. The van der Waals surface area contributed by atoms with Crippen molar-refractivity contribution < 1.29 is 8.42 Å². The Morgan fingerprint density at radius 1 is 1.07 bits per heavy atom. The molecule has 28 heavy (non-hydrogen) atoms. The summed E-state index contributed by atoms with van der Waals surface area (Å²) in [6, 6.07) is 10.6. The molecule has 4 rings (SSSR count). The topological polar surface area (TPSA) is 86.1 Å². The molecule has 0 atom stereocenters. The molecule has 0 spiro atoms. The summed E-state index contributed by atoms with van der Waals surface area (Å²) in [5.74, 6) is 0.500. The minimum absolute atomic E-state index is 0.171. The standard InChI is InChI=1S/C20H21N4O2S2/c25-28(26,18-11-6-14-27-18)24-20-19(21-13-12-15-7-2-1-3-8-15)22-16-9-4-5-10-17(16)23-20/h4-7,9-11,14H,1-3,8,12-13H2,(H-,21,22,23,24)/q-1. The van der Waals surface area contributed by atoms with Gasteiger partial charge in [-0.05, 0) is 67.5 Å². The lowest BCUT2D eigenvalue weighted by atomic mass is 9.97. The highest BCUT2D eigenvalue weighted by molar-refractivity contribution is 7.94. The van der Waals surface area contributed by atoms with Crippen LogP contribution in [0.5, 0.6) is 0 Å². The molecule has 146 valence electrons. The molecule has 0 saturated carbocycles. The van der Waals surface area contributed by atoms with Gasteiger partial charge in [0.05, 0.1) is 5.52 Å². The first-order valence-electron chi connectivity index (χ1n) is 9.30. The molecule has 3 aromatic rings. The maximum atomic E-state index is 12.7. The molecule has 0 radical (unpaired) electrons. The zero-order chi connectivity index (χ0) is 19.4. The van der Waals surface area contributed by atoms with Gasteiger partial charge in [0.2, 0.25) is 0 Å². The van der Waals surface area contributed by atoms with Crippen molar-refractivity contribution in [2.45, 2.75) is 36.3 Å². The maximum Gasteiger partial charge on any atom is 0.272 e. The van der Waals surface area contributed by atoms with Gasteiger partial charge in [-0.3, -0.25) is 4.72 Å². The zero-order valence-corrected chi connectivity index (χ0v) is 17.0. The molecule has 0 bridgehead atoms. The molecule has 6 nitrogen and oxygen atoms in total. The van der Waals surface area contributed by atoms with Crippen molar-refractivity contribution in [1.29, 1.82) is 0 Å². The van der Waals surface area contributed by atoms with Crippen LogP contribution >= 0.6 is 11.3 Å². The Labute approximate surface area is 168 Å². The van der Waals surface area contributed by atoms with E-state index in [4.69, 9.17) is 0 Å². The summed E-state index contributed by atoms with van der Waals surface area (Å²) in [5.41, 5.74) is 2.74. The summed E-state index contributed by atoms with van der Waals surface area (Å²) in [7, 11) is -3.71. The van der Waals surface area contributed by atoms with Crippen molar-refractivity contribution in [2.24, 2.45) is 0 Å². The summed E-state index contributed by atoms with van der Waals surface area (Å²) in [4.78, 5) is 9.03. The van der Waals surface area contributed by atoms with E-state index in [1.807, 2.05) is 24.3 Å². The Balaban J connectivity index is 1.60. The number of nitrogens with zero attached hydrogens (tertiary/aromatic N) is 3. The minimum atomic E-state index is -3.71. The molecule has 0 fully saturated rings. The predicted molar refractivity (Wildman–Crippen MR) is 114 cm³/mol. The number of allylic oxidation sites excluding steroid dienone is 1. The van der Waals surface area contributed by atoms with E-state index in [9.17, 15) is 8.42 Å². The lowest BCUT2D eigenvalue weighted by Gasteiger charge is -2.22. The quantitative estimate of drug-likeness (QED) is 0.526. The van der Waals surface area contributed by atoms with Crippen LogP contribution in [0, 0.1) is 0 Å². The van der Waals surface area contributed by atoms with Crippen LogP contribution in [0.4, 0.5) is 11.6 Å². The molecule has 1 aliphatic carbocycles. The number of aromatic nitrogens is 2. The number of rotatable bonds is 7.